The van der Waals surface area contributed by atoms with Gasteiger partial charge in [0.25, 0.3) is 0 Å². The van der Waals surface area contributed by atoms with E-state index in [4.69, 9.17) is 4.74 Å². The predicted octanol–water partition coefficient (Wildman–Crippen LogP) is -0.751. The first-order valence-corrected chi connectivity index (χ1v) is 8.50. The molecule has 8 heteroatoms. The van der Waals surface area contributed by atoms with Crippen molar-refractivity contribution in [3.05, 3.63) is 30.1 Å². The third kappa shape index (κ3) is 6.41. The van der Waals surface area contributed by atoms with E-state index < -0.39 is 11.8 Å². The van der Waals surface area contributed by atoms with Crippen LogP contribution in [0.25, 0.3) is 0 Å². The van der Waals surface area contributed by atoms with Gasteiger partial charge in [-0.1, -0.05) is 6.07 Å². The molecule has 2 amide bonds. The van der Waals surface area contributed by atoms with Gasteiger partial charge in [-0.15, -0.1) is 0 Å². The fraction of sp³-hybridized carbons (Fsp3) is 0.588. The van der Waals surface area contributed by atoms with E-state index in [1.54, 1.807) is 12.4 Å². The van der Waals surface area contributed by atoms with E-state index in [1.807, 2.05) is 31.1 Å². The van der Waals surface area contributed by atoms with E-state index in [0.717, 1.165) is 18.7 Å². The summed E-state index contributed by atoms with van der Waals surface area (Å²) in [5.41, 5.74) is 1.01. The normalized spacial score (nSPS) is 16.4. The maximum absolute atomic E-state index is 12.0. The van der Waals surface area contributed by atoms with Crippen LogP contribution in [0.15, 0.2) is 24.5 Å². The van der Waals surface area contributed by atoms with E-state index in [1.165, 1.54) is 0 Å². The van der Waals surface area contributed by atoms with Gasteiger partial charge in [-0.25, -0.2) is 0 Å². The number of nitrogens with one attached hydrogen (secondary N) is 2. The van der Waals surface area contributed by atoms with Crippen molar-refractivity contribution in [3.8, 4) is 0 Å². The Bertz CT molecular complexity index is 546. The highest BCUT2D eigenvalue weighted by molar-refractivity contribution is 6.35. The summed E-state index contributed by atoms with van der Waals surface area (Å²) in [5.74, 6) is -1.21. The van der Waals surface area contributed by atoms with Crippen molar-refractivity contribution in [2.45, 2.75) is 6.04 Å². The first-order chi connectivity index (χ1) is 12.1. The zero-order valence-electron chi connectivity index (χ0n) is 14.9. The van der Waals surface area contributed by atoms with Gasteiger partial charge in [0, 0.05) is 45.1 Å². The SMILES string of the molecule is CN(C)CCNC(=O)C(=O)NC[C@@H](c1cccnc1)N1CCOCC1. The quantitative estimate of drug-likeness (QED) is 0.630. The third-order valence-electron chi connectivity index (χ3n) is 4.06. The molecule has 8 nitrogen and oxygen atoms in total. The van der Waals surface area contributed by atoms with Gasteiger partial charge in [0.15, 0.2) is 0 Å². The fourth-order valence-electron chi connectivity index (χ4n) is 2.66. The van der Waals surface area contributed by atoms with Gasteiger partial charge < -0.3 is 20.3 Å². The zero-order chi connectivity index (χ0) is 18.1. The molecule has 138 valence electrons. The van der Waals surface area contributed by atoms with Crippen molar-refractivity contribution >= 4 is 11.8 Å². The lowest BCUT2D eigenvalue weighted by molar-refractivity contribution is -0.139. The van der Waals surface area contributed by atoms with Crippen molar-refractivity contribution in [1.29, 1.82) is 0 Å². The molecular weight excluding hydrogens is 322 g/mol. The molecule has 2 rings (SSSR count). The fourth-order valence-corrected chi connectivity index (χ4v) is 2.66. The average molecular weight is 349 g/mol. The summed E-state index contributed by atoms with van der Waals surface area (Å²) in [5, 5.41) is 5.36. The summed E-state index contributed by atoms with van der Waals surface area (Å²) in [7, 11) is 3.82. The van der Waals surface area contributed by atoms with Crippen LogP contribution in [-0.4, -0.2) is 86.6 Å². The van der Waals surface area contributed by atoms with Crippen LogP contribution < -0.4 is 10.6 Å². The van der Waals surface area contributed by atoms with Crippen LogP contribution in [0.1, 0.15) is 11.6 Å². The maximum atomic E-state index is 12.0. The first-order valence-electron chi connectivity index (χ1n) is 8.50. The van der Waals surface area contributed by atoms with Crippen LogP contribution in [0, 0.1) is 0 Å². The minimum Gasteiger partial charge on any atom is -0.379 e. The molecule has 1 aliphatic heterocycles. The van der Waals surface area contributed by atoms with Crippen LogP contribution in [-0.2, 0) is 14.3 Å². The number of likely N-dealkylation sites (N-methyl/N-ethyl adjacent to an activating group) is 1. The summed E-state index contributed by atoms with van der Waals surface area (Å²) < 4.78 is 5.40. The lowest BCUT2D eigenvalue weighted by Gasteiger charge is -2.34. The molecule has 1 aromatic heterocycles. The van der Waals surface area contributed by atoms with E-state index in [-0.39, 0.29) is 6.04 Å². The number of carbonyl (C=O) groups is 2. The number of rotatable bonds is 7. The second-order valence-corrected chi connectivity index (χ2v) is 6.22. The second kappa shape index (κ2) is 10.1. The lowest BCUT2D eigenvalue weighted by Crippen LogP contribution is -2.47. The molecule has 0 spiro atoms. The Labute approximate surface area is 148 Å². The van der Waals surface area contributed by atoms with Gasteiger partial charge in [0.1, 0.15) is 0 Å². The number of hydrogen-bond acceptors (Lipinski definition) is 6. The summed E-state index contributed by atoms with van der Waals surface area (Å²) in [4.78, 5) is 32.2. The molecule has 2 N–H and O–H groups in total. The van der Waals surface area contributed by atoms with Crippen LogP contribution >= 0.6 is 0 Å². The van der Waals surface area contributed by atoms with Crippen molar-refractivity contribution in [2.24, 2.45) is 0 Å². The maximum Gasteiger partial charge on any atom is 0.309 e. The number of carbonyl (C=O) groups excluding carboxylic acids is 2. The number of pyridine rings is 1. The van der Waals surface area contributed by atoms with Crippen LogP contribution in [0.2, 0.25) is 0 Å². The molecule has 0 saturated carbocycles. The van der Waals surface area contributed by atoms with E-state index >= 15 is 0 Å². The molecule has 2 heterocycles. The topological polar surface area (TPSA) is 86.8 Å². The zero-order valence-corrected chi connectivity index (χ0v) is 14.9. The third-order valence-corrected chi connectivity index (χ3v) is 4.06. The number of aromatic nitrogens is 1. The number of hydrogen-bond donors (Lipinski definition) is 2. The summed E-state index contributed by atoms with van der Waals surface area (Å²) in [6, 6.07) is 3.82. The smallest absolute Gasteiger partial charge is 0.309 e. The van der Waals surface area contributed by atoms with Gasteiger partial charge in [-0.2, -0.15) is 0 Å². The monoisotopic (exact) mass is 349 g/mol. The molecule has 1 atom stereocenters. The van der Waals surface area contributed by atoms with Crippen LogP contribution in [0.3, 0.4) is 0 Å². The van der Waals surface area contributed by atoms with E-state index in [2.05, 4.69) is 20.5 Å². The average Bonchev–Trinajstić information content (AvgIpc) is 2.63. The minimum absolute atomic E-state index is 0.0314. The molecule has 1 saturated heterocycles. The molecule has 0 radical (unpaired) electrons. The lowest BCUT2D eigenvalue weighted by atomic mass is 10.1. The highest BCUT2D eigenvalue weighted by atomic mass is 16.5. The number of amides is 2. The summed E-state index contributed by atoms with van der Waals surface area (Å²) in [6.07, 6.45) is 3.51. The first kappa shape index (κ1) is 19.3. The van der Waals surface area contributed by atoms with E-state index in [0.29, 0.717) is 32.8 Å². The molecule has 1 fully saturated rings. The number of nitrogens with zero attached hydrogens (tertiary/aromatic N) is 3. The van der Waals surface area contributed by atoms with Gasteiger partial charge >= 0.3 is 11.8 Å². The largest absolute Gasteiger partial charge is 0.379 e. The highest BCUT2D eigenvalue weighted by Gasteiger charge is 2.24. The standard InChI is InChI=1S/C17H27N5O3/c1-21(2)7-6-19-16(23)17(24)20-13-15(14-4-3-5-18-12-14)22-8-10-25-11-9-22/h3-5,12,15H,6-11,13H2,1-2H3,(H,19,23)(H,20,24)/t15-/m0/s1. The molecule has 0 bridgehead atoms. The minimum atomic E-state index is -0.610. The Morgan fingerprint density at radius 2 is 2.00 bits per heavy atom. The van der Waals surface area contributed by atoms with Crippen molar-refractivity contribution in [2.75, 3.05) is 60.0 Å². The molecule has 0 unspecified atom stereocenters. The number of ether oxygens (including phenoxy) is 1. The Morgan fingerprint density at radius 1 is 1.28 bits per heavy atom. The molecule has 1 aliphatic rings. The van der Waals surface area contributed by atoms with Crippen LogP contribution in [0.5, 0.6) is 0 Å². The van der Waals surface area contributed by atoms with E-state index in [9.17, 15) is 9.59 Å². The summed E-state index contributed by atoms with van der Waals surface area (Å²) >= 11 is 0. The summed E-state index contributed by atoms with van der Waals surface area (Å²) in [6.45, 7) is 4.37. The molecule has 1 aromatic rings. The Kier molecular flexibility index (Phi) is 7.77. The van der Waals surface area contributed by atoms with Gasteiger partial charge in [-0.3, -0.25) is 19.5 Å². The Balaban J connectivity index is 1.90. The van der Waals surface area contributed by atoms with Crippen LogP contribution in [0.4, 0.5) is 0 Å². The Hall–Kier alpha value is -2.03. The predicted molar refractivity (Wildman–Crippen MR) is 93.9 cm³/mol. The van der Waals surface area contributed by atoms with Crippen molar-refractivity contribution in [3.63, 3.8) is 0 Å². The van der Waals surface area contributed by atoms with Gasteiger partial charge in [0.05, 0.1) is 19.3 Å². The van der Waals surface area contributed by atoms with Gasteiger partial charge in [0.2, 0.25) is 0 Å². The Morgan fingerprint density at radius 3 is 2.64 bits per heavy atom. The molecule has 25 heavy (non-hydrogen) atoms. The van der Waals surface area contributed by atoms with Gasteiger partial charge in [-0.05, 0) is 25.7 Å². The second-order valence-electron chi connectivity index (χ2n) is 6.22. The van der Waals surface area contributed by atoms with Crippen molar-refractivity contribution < 1.29 is 14.3 Å². The molecular formula is C17H27N5O3. The molecule has 0 aliphatic carbocycles. The van der Waals surface area contributed by atoms with Crippen molar-refractivity contribution in [1.82, 2.24) is 25.4 Å². The number of morpholine rings is 1. The highest BCUT2D eigenvalue weighted by Crippen LogP contribution is 2.20. The molecule has 0 aromatic carbocycles.